The summed E-state index contributed by atoms with van der Waals surface area (Å²) in [6.07, 6.45) is 6.46. The monoisotopic (exact) mass is 510 g/mol. The van der Waals surface area contributed by atoms with Crippen molar-refractivity contribution in [2.45, 2.75) is 45.7 Å². The highest BCUT2D eigenvalue weighted by atomic mass is 35.5. The second-order valence-electron chi connectivity index (χ2n) is 10.3. The van der Waals surface area contributed by atoms with Gasteiger partial charge in [-0.15, -0.1) is 0 Å². The molecule has 10 heteroatoms. The molecule has 2 aliphatic rings. The minimum Gasteiger partial charge on any atom is -0.353 e. The smallest absolute Gasteiger partial charge is 0.230 e. The van der Waals surface area contributed by atoms with Crippen LogP contribution in [0.4, 0.5) is 11.8 Å². The molecule has 1 N–H and O–H groups in total. The Morgan fingerprint density at radius 1 is 1.25 bits per heavy atom. The molecule has 2 saturated heterocycles. The molecule has 0 bridgehead atoms. The number of carbonyl (C=O) groups excluding carboxylic acids is 1. The number of fused-ring (bicyclic) bond motifs is 1. The van der Waals surface area contributed by atoms with Gasteiger partial charge >= 0.3 is 0 Å². The summed E-state index contributed by atoms with van der Waals surface area (Å²) in [5.74, 6) is 1.45. The summed E-state index contributed by atoms with van der Waals surface area (Å²) in [6, 6.07) is 6.26. The van der Waals surface area contributed by atoms with Crippen molar-refractivity contribution in [2.75, 3.05) is 49.1 Å². The molecule has 0 saturated carbocycles. The van der Waals surface area contributed by atoms with E-state index in [9.17, 15) is 4.79 Å². The summed E-state index contributed by atoms with van der Waals surface area (Å²) in [6.45, 7) is 13.0. The minimum absolute atomic E-state index is 0.109. The molecule has 9 nitrogen and oxygen atoms in total. The van der Waals surface area contributed by atoms with Crippen LogP contribution in [-0.2, 0) is 10.3 Å². The second-order valence-corrected chi connectivity index (χ2v) is 10.7. The Balaban J connectivity index is 1.33. The van der Waals surface area contributed by atoms with E-state index in [0.717, 1.165) is 37.4 Å². The fourth-order valence-electron chi connectivity index (χ4n) is 5.29. The molecule has 2 aliphatic heterocycles. The van der Waals surface area contributed by atoms with Crippen LogP contribution in [0, 0.1) is 5.92 Å². The normalized spacial score (nSPS) is 19.0. The van der Waals surface area contributed by atoms with Crippen LogP contribution < -0.4 is 15.1 Å². The maximum Gasteiger partial charge on any atom is 0.230 e. The number of rotatable bonds is 7. The number of pyridine rings is 1. The van der Waals surface area contributed by atoms with Crippen molar-refractivity contribution in [2.24, 2.45) is 5.92 Å². The average molecular weight is 511 g/mol. The Bertz CT molecular complexity index is 1240. The molecule has 0 spiro atoms. The number of hydrogen-bond donors (Lipinski definition) is 1. The first-order valence-corrected chi connectivity index (χ1v) is 13.2. The molecule has 0 unspecified atom stereocenters. The number of hydrogen-bond acceptors (Lipinski definition) is 7. The van der Waals surface area contributed by atoms with E-state index in [1.807, 2.05) is 35.5 Å². The van der Waals surface area contributed by atoms with Crippen LogP contribution >= 0.6 is 11.6 Å². The molecule has 1 atom stereocenters. The number of nitrogens with zero attached hydrogens (tertiary/aromatic N) is 7. The lowest BCUT2D eigenvalue weighted by atomic mass is 9.92. The van der Waals surface area contributed by atoms with Crippen molar-refractivity contribution in [1.29, 1.82) is 0 Å². The van der Waals surface area contributed by atoms with Crippen LogP contribution in [0.1, 0.15) is 39.8 Å². The van der Waals surface area contributed by atoms with Gasteiger partial charge in [0.25, 0.3) is 0 Å². The van der Waals surface area contributed by atoms with E-state index in [1.165, 1.54) is 0 Å². The molecule has 0 radical (unpaired) electrons. The van der Waals surface area contributed by atoms with Gasteiger partial charge in [0.1, 0.15) is 10.7 Å². The van der Waals surface area contributed by atoms with E-state index in [4.69, 9.17) is 16.6 Å². The van der Waals surface area contributed by atoms with Gasteiger partial charge in [0, 0.05) is 51.5 Å². The molecular weight excluding hydrogens is 476 g/mol. The standard InChI is InChI=1S/C26H35ClN8O/c1-5-10-35(26(3,4)21-15-29-22-8-6-7-11-34(21)22)24(36)19-16-32(17-19)23-20(27)14-30-25(31-23)33-12-9-28-13-18(33)2/h6-8,11,14-15,18-19,28H,5,9-10,12-13,16-17H2,1-4H3/t18-/m0/s1. The zero-order valence-electron chi connectivity index (χ0n) is 21.5. The molecule has 3 aromatic rings. The molecule has 5 heterocycles. The topological polar surface area (TPSA) is 81.9 Å². The number of imidazole rings is 1. The number of halogens is 1. The maximum absolute atomic E-state index is 13.8. The SMILES string of the molecule is CCCN(C(=O)C1CN(c2nc(N3CCNC[C@@H]3C)ncc2Cl)C1)C(C)(C)c1cnc2ccccn12. The Labute approximate surface area is 217 Å². The van der Waals surface area contributed by atoms with Gasteiger partial charge in [-0.3, -0.25) is 4.79 Å². The van der Waals surface area contributed by atoms with Crippen LogP contribution in [0.3, 0.4) is 0 Å². The van der Waals surface area contributed by atoms with Gasteiger partial charge in [-0.25, -0.2) is 9.97 Å². The number of aromatic nitrogens is 4. The summed E-state index contributed by atoms with van der Waals surface area (Å²) in [4.78, 5) is 34.0. The number of anilines is 2. The first kappa shape index (κ1) is 24.8. The van der Waals surface area contributed by atoms with E-state index in [-0.39, 0.29) is 11.8 Å². The van der Waals surface area contributed by atoms with Crippen LogP contribution in [-0.4, -0.2) is 75.5 Å². The van der Waals surface area contributed by atoms with Crippen LogP contribution in [0.2, 0.25) is 5.02 Å². The van der Waals surface area contributed by atoms with Crippen molar-refractivity contribution in [1.82, 2.24) is 29.6 Å². The van der Waals surface area contributed by atoms with Gasteiger partial charge in [-0.2, -0.15) is 4.98 Å². The molecule has 2 fully saturated rings. The number of nitrogens with one attached hydrogen (secondary N) is 1. The molecule has 192 valence electrons. The zero-order chi connectivity index (χ0) is 25.4. The number of amides is 1. The van der Waals surface area contributed by atoms with E-state index in [0.29, 0.717) is 42.5 Å². The van der Waals surface area contributed by atoms with Gasteiger partial charge in [0.2, 0.25) is 11.9 Å². The van der Waals surface area contributed by atoms with Crippen molar-refractivity contribution in [3.05, 3.63) is 47.5 Å². The lowest BCUT2D eigenvalue weighted by molar-refractivity contribution is -0.142. The van der Waals surface area contributed by atoms with Gasteiger partial charge in [-0.1, -0.05) is 24.6 Å². The van der Waals surface area contributed by atoms with Gasteiger partial charge in [0.15, 0.2) is 5.82 Å². The van der Waals surface area contributed by atoms with E-state index in [1.54, 1.807) is 6.20 Å². The first-order chi connectivity index (χ1) is 17.3. The maximum atomic E-state index is 13.8. The predicted molar refractivity (Wildman–Crippen MR) is 143 cm³/mol. The van der Waals surface area contributed by atoms with Gasteiger partial charge in [-0.05, 0) is 39.3 Å². The molecule has 36 heavy (non-hydrogen) atoms. The van der Waals surface area contributed by atoms with Crippen molar-refractivity contribution in [3.8, 4) is 0 Å². The van der Waals surface area contributed by atoms with Crippen LogP contribution in [0.5, 0.6) is 0 Å². The number of piperazine rings is 1. The minimum atomic E-state index is -0.507. The summed E-state index contributed by atoms with van der Waals surface area (Å²) >= 11 is 6.51. The Kier molecular flexibility index (Phi) is 6.78. The van der Waals surface area contributed by atoms with Gasteiger partial charge in [0.05, 0.1) is 29.5 Å². The molecular formula is C26H35ClN8O. The summed E-state index contributed by atoms with van der Waals surface area (Å²) in [5.41, 5.74) is 1.38. The fourth-order valence-corrected chi connectivity index (χ4v) is 5.50. The lowest BCUT2D eigenvalue weighted by Crippen LogP contribution is -2.58. The third-order valence-electron chi connectivity index (χ3n) is 7.43. The lowest BCUT2D eigenvalue weighted by Gasteiger charge is -2.46. The Morgan fingerprint density at radius 3 is 2.81 bits per heavy atom. The third kappa shape index (κ3) is 4.39. The van der Waals surface area contributed by atoms with E-state index in [2.05, 4.69) is 57.2 Å². The quantitative estimate of drug-likeness (QED) is 0.522. The summed E-state index contributed by atoms with van der Waals surface area (Å²) in [7, 11) is 0. The third-order valence-corrected chi connectivity index (χ3v) is 7.70. The highest BCUT2D eigenvalue weighted by molar-refractivity contribution is 6.32. The first-order valence-electron chi connectivity index (χ1n) is 12.8. The highest BCUT2D eigenvalue weighted by Crippen LogP contribution is 2.35. The molecule has 1 amide bonds. The molecule has 5 rings (SSSR count). The Morgan fingerprint density at radius 2 is 2.06 bits per heavy atom. The van der Waals surface area contributed by atoms with E-state index < -0.39 is 5.54 Å². The molecule has 3 aromatic heterocycles. The van der Waals surface area contributed by atoms with Crippen molar-refractivity contribution < 1.29 is 4.79 Å². The van der Waals surface area contributed by atoms with Crippen molar-refractivity contribution in [3.63, 3.8) is 0 Å². The summed E-state index contributed by atoms with van der Waals surface area (Å²) in [5, 5.41) is 3.91. The largest absolute Gasteiger partial charge is 0.353 e. The zero-order valence-corrected chi connectivity index (χ0v) is 22.2. The second kappa shape index (κ2) is 9.86. The van der Waals surface area contributed by atoms with Crippen LogP contribution in [0.25, 0.3) is 5.65 Å². The van der Waals surface area contributed by atoms with E-state index >= 15 is 0 Å². The van der Waals surface area contributed by atoms with Gasteiger partial charge < -0.3 is 24.4 Å². The highest BCUT2D eigenvalue weighted by Gasteiger charge is 2.42. The van der Waals surface area contributed by atoms with Crippen LogP contribution in [0.15, 0.2) is 36.8 Å². The summed E-state index contributed by atoms with van der Waals surface area (Å²) < 4.78 is 2.07. The van der Waals surface area contributed by atoms with Crippen molar-refractivity contribution >= 4 is 34.9 Å². The average Bonchev–Trinajstić information content (AvgIpc) is 3.28. The molecule has 0 aromatic carbocycles. The Hall–Kier alpha value is -2.91. The number of carbonyl (C=O) groups is 1. The molecule has 0 aliphatic carbocycles. The fraction of sp³-hybridized carbons (Fsp3) is 0.538. The predicted octanol–water partition coefficient (Wildman–Crippen LogP) is 3.19.